The van der Waals surface area contributed by atoms with Crippen molar-refractivity contribution < 1.29 is 9.47 Å². The van der Waals surface area contributed by atoms with E-state index >= 15 is 0 Å². The van der Waals surface area contributed by atoms with Gasteiger partial charge in [0.1, 0.15) is 11.5 Å². The molecule has 0 saturated heterocycles. The molecule has 2 nitrogen and oxygen atoms in total. The van der Waals surface area contributed by atoms with E-state index in [2.05, 4.69) is 73.7 Å². The first-order valence-electron chi connectivity index (χ1n) is 9.78. The molecule has 0 aromatic heterocycles. The lowest BCUT2D eigenvalue weighted by atomic mass is 9.72. The molecule has 0 fully saturated rings. The Morgan fingerprint density at radius 1 is 0.750 bits per heavy atom. The predicted octanol–water partition coefficient (Wildman–Crippen LogP) is 5.68. The van der Waals surface area contributed by atoms with Gasteiger partial charge >= 0.3 is 0 Å². The predicted molar refractivity (Wildman–Crippen MR) is 114 cm³/mol. The Morgan fingerprint density at radius 2 is 1.36 bits per heavy atom. The summed E-state index contributed by atoms with van der Waals surface area (Å²) in [6.45, 7) is 2.26. The van der Waals surface area contributed by atoms with Crippen LogP contribution in [0.2, 0.25) is 0 Å². The number of hydrogen-bond donors (Lipinski definition) is 0. The van der Waals surface area contributed by atoms with Crippen LogP contribution in [0.15, 0.2) is 66.7 Å². The second-order valence-corrected chi connectivity index (χ2v) is 7.84. The summed E-state index contributed by atoms with van der Waals surface area (Å²) in [5.41, 5.74) is 9.73. The van der Waals surface area contributed by atoms with Crippen molar-refractivity contribution in [2.45, 2.75) is 25.2 Å². The van der Waals surface area contributed by atoms with Crippen LogP contribution in [0.4, 0.5) is 0 Å². The lowest BCUT2D eigenvalue weighted by Crippen LogP contribution is -2.26. The van der Waals surface area contributed by atoms with E-state index in [9.17, 15) is 0 Å². The summed E-state index contributed by atoms with van der Waals surface area (Å²) >= 11 is 0. The smallest absolute Gasteiger partial charge is 0.119 e. The Balaban J connectivity index is 1.73. The summed E-state index contributed by atoms with van der Waals surface area (Å²) in [5, 5.41) is 0. The zero-order chi connectivity index (χ0) is 19.3. The van der Waals surface area contributed by atoms with E-state index < -0.39 is 0 Å². The Bertz CT molecular complexity index is 1060. The Hall–Kier alpha value is -3.00. The molecule has 1 spiro atoms. The number of allylic oxidation sites excluding steroid dienone is 2. The van der Waals surface area contributed by atoms with Gasteiger partial charge in [0.25, 0.3) is 0 Å². The average Bonchev–Trinajstić information content (AvgIpc) is 3.23. The fraction of sp³-hybridized carbons (Fsp3) is 0.231. The third kappa shape index (κ3) is 2.34. The summed E-state index contributed by atoms with van der Waals surface area (Å²) in [6.07, 6.45) is 2.09. The summed E-state index contributed by atoms with van der Waals surface area (Å²) in [7, 11) is 3.45. The maximum absolute atomic E-state index is 5.53. The summed E-state index contributed by atoms with van der Waals surface area (Å²) in [5.74, 6) is 1.81. The average molecular weight is 368 g/mol. The number of hydrogen-bond acceptors (Lipinski definition) is 2. The Kier molecular flexibility index (Phi) is 3.83. The molecule has 0 amide bonds. The molecule has 28 heavy (non-hydrogen) atoms. The molecule has 3 aromatic carbocycles. The van der Waals surface area contributed by atoms with Crippen LogP contribution in [0.3, 0.4) is 0 Å². The molecule has 2 aliphatic carbocycles. The molecule has 0 unspecified atom stereocenters. The lowest BCUT2D eigenvalue weighted by molar-refractivity contribution is 0.414. The maximum atomic E-state index is 5.53. The highest BCUT2D eigenvalue weighted by Crippen LogP contribution is 2.57. The van der Waals surface area contributed by atoms with Crippen LogP contribution in [-0.2, 0) is 18.3 Å². The minimum Gasteiger partial charge on any atom is -0.497 e. The Labute approximate surface area is 166 Å². The van der Waals surface area contributed by atoms with E-state index in [1.807, 2.05) is 0 Å². The van der Waals surface area contributed by atoms with Crippen LogP contribution in [0, 0.1) is 0 Å². The molecule has 0 bridgehead atoms. The standard InChI is InChI=1S/C26H24O2/c1-17-23-14-22(28-3)12-13-24(23)26(15-19-6-4-5-7-20(19)16-26)25(17)18-8-10-21(27-2)11-9-18/h4-14H,15-16H2,1-3H3. The summed E-state index contributed by atoms with van der Waals surface area (Å²) < 4.78 is 10.9. The van der Waals surface area contributed by atoms with Crippen molar-refractivity contribution in [3.63, 3.8) is 0 Å². The highest BCUT2D eigenvalue weighted by atomic mass is 16.5. The van der Waals surface area contributed by atoms with Crippen LogP contribution in [0.1, 0.15) is 34.7 Å². The quantitative estimate of drug-likeness (QED) is 0.592. The minimum absolute atomic E-state index is 0.00996. The van der Waals surface area contributed by atoms with Gasteiger partial charge in [0.05, 0.1) is 14.2 Å². The van der Waals surface area contributed by atoms with E-state index in [1.54, 1.807) is 14.2 Å². The van der Waals surface area contributed by atoms with Gasteiger partial charge in [-0.1, -0.05) is 42.5 Å². The number of fused-ring (bicyclic) bond motifs is 3. The van der Waals surface area contributed by atoms with Gasteiger partial charge in [0.15, 0.2) is 0 Å². The number of benzene rings is 3. The number of methoxy groups -OCH3 is 2. The molecule has 2 heteroatoms. The van der Waals surface area contributed by atoms with Crippen LogP contribution in [0.5, 0.6) is 11.5 Å². The second kappa shape index (κ2) is 6.27. The lowest BCUT2D eigenvalue weighted by Gasteiger charge is -2.30. The number of rotatable bonds is 3. The third-order valence-corrected chi connectivity index (χ3v) is 6.48. The van der Waals surface area contributed by atoms with Crippen LogP contribution < -0.4 is 9.47 Å². The van der Waals surface area contributed by atoms with Crippen molar-refractivity contribution >= 4 is 11.1 Å². The molecule has 0 heterocycles. The van der Waals surface area contributed by atoms with Crippen molar-refractivity contribution in [2.75, 3.05) is 14.2 Å². The fourth-order valence-electron chi connectivity index (χ4n) is 5.24. The van der Waals surface area contributed by atoms with Gasteiger partial charge in [-0.05, 0) is 83.0 Å². The van der Waals surface area contributed by atoms with E-state index in [-0.39, 0.29) is 5.41 Å². The fourth-order valence-corrected chi connectivity index (χ4v) is 5.24. The highest BCUT2D eigenvalue weighted by Gasteiger charge is 2.48. The highest BCUT2D eigenvalue weighted by molar-refractivity contribution is 6.02. The molecule has 2 aliphatic rings. The molecule has 140 valence electrons. The zero-order valence-corrected chi connectivity index (χ0v) is 16.6. The van der Waals surface area contributed by atoms with Crippen molar-refractivity contribution in [1.82, 2.24) is 0 Å². The van der Waals surface area contributed by atoms with Gasteiger partial charge in [0.2, 0.25) is 0 Å². The van der Waals surface area contributed by atoms with E-state index in [4.69, 9.17) is 9.47 Å². The summed E-state index contributed by atoms with van der Waals surface area (Å²) in [6, 6.07) is 24.0. The van der Waals surface area contributed by atoms with Gasteiger partial charge in [-0.25, -0.2) is 0 Å². The monoisotopic (exact) mass is 368 g/mol. The number of ether oxygens (including phenoxy) is 2. The normalized spacial score (nSPS) is 16.2. The van der Waals surface area contributed by atoms with E-state index in [1.165, 1.54) is 39.0 Å². The van der Waals surface area contributed by atoms with Gasteiger partial charge in [-0.15, -0.1) is 0 Å². The first kappa shape index (κ1) is 17.1. The third-order valence-electron chi connectivity index (χ3n) is 6.48. The van der Waals surface area contributed by atoms with E-state index in [0.29, 0.717) is 0 Å². The largest absolute Gasteiger partial charge is 0.497 e. The van der Waals surface area contributed by atoms with E-state index in [0.717, 1.165) is 24.3 Å². The molecule has 0 atom stereocenters. The zero-order valence-electron chi connectivity index (χ0n) is 16.6. The van der Waals surface area contributed by atoms with Gasteiger partial charge in [0, 0.05) is 5.41 Å². The minimum atomic E-state index is -0.00996. The van der Waals surface area contributed by atoms with Crippen molar-refractivity contribution in [3.8, 4) is 11.5 Å². The molecule has 0 radical (unpaired) electrons. The maximum Gasteiger partial charge on any atom is 0.119 e. The van der Waals surface area contributed by atoms with Crippen LogP contribution in [0.25, 0.3) is 11.1 Å². The first-order chi connectivity index (χ1) is 13.7. The van der Waals surface area contributed by atoms with Gasteiger partial charge in [-0.2, -0.15) is 0 Å². The van der Waals surface area contributed by atoms with Gasteiger partial charge < -0.3 is 9.47 Å². The van der Waals surface area contributed by atoms with Crippen molar-refractivity contribution in [2.24, 2.45) is 0 Å². The molecule has 3 aromatic rings. The van der Waals surface area contributed by atoms with Gasteiger partial charge in [-0.3, -0.25) is 0 Å². The van der Waals surface area contributed by atoms with Crippen molar-refractivity contribution in [3.05, 3.63) is 94.5 Å². The molecule has 0 N–H and O–H groups in total. The Morgan fingerprint density at radius 3 is 1.96 bits per heavy atom. The van der Waals surface area contributed by atoms with Crippen LogP contribution >= 0.6 is 0 Å². The molecular formula is C26H24O2. The molecular weight excluding hydrogens is 344 g/mol. The first-order valence-corrected chi connectivity index (χ1v) is 9.78. The molecule has 5 rings (SSSR count). The van der Waals surface area contributed by atoms with Crippen LogP contribution in [-0.4, -0.2) is 14.2 Å². The summed E-state index contributed by atoms with van der Waals surface area (Å²) in [4.78, 5) is 0. The molecule has 0 aliphatic heterocycles. The topological polar surface area (TPSA) is 18.5 Å². The SMILES string of the molecule is COc1ccc(C2=C(C)c3cc(OC)ccc3C23Cc2ccccc2C3)cc1. The second-order valence-electron chi connectivity index (χ2n) is 7.84. The molecule has 0 saturated carbocycles. The van der Waals surface area contributed by atoms with Crippen molar-refractivity contribution in [1.29, 1.82) is 0 Å².